The van der Waals surface area contributed by atoms with Gasteiger partial charge in [0.15, 0.2) is 0 Å². The molecular formula is C18H17ClN2O2. The molecule has 1 heterocycles. The molecule has 0 spiro atoms. The fourth-order valence-corrected chi connectivity index (χ4v) is 2.96. The van der Waals surface area contributed by atoms with Gasteiger partial charge in [-0.3, -0.25) is 9.59 Å². The van der Waals surface area contributed by atoms with Gasteiger partial charge in [0.1, 0.15) is 0 Å². The van der Waals surface area contributed by atoms with Crippen molar-refractivity contribution < 1.29 is 9.59 Å². The Hall–Kier alpha value is -2.33. The van der Waals surface area contributed by atoms with Crippen LogP contribution in [0.25, 0.3) is 0 Å². The van der Waals surface area contributed by atoms with Crippen LogP contribution in [-0.4, -0.2) is 18.4 Å². The number of amides is 2. The van der Waals surface area contributed by atoms with E-state index in [2.05, 4.69) is 5.32 Å². The molecule has 4 nitrogen and oxygen atoms in total. The Morgan fingerprint density at radius 3 is 2.61 bits per heavy atom. The van der Waals surface area contributed by atoms with Crippen LogP contribution in [0.5, 0.6) is 0 Å². The number of benzene rings is 2. The fraction of sp³-hybridized carbons (Fsp3) is 0.222. The van der Waals surface area contributed by atoms with Crippen LogP contribution in [0.3, 0.4) is 0 Å². The average molecular weight is 329 g/mol. The molecule has 1 aliphatic rings. The van der Waals surface area contributed by atoms with Crippen LogP contribution < -0.4 is 10.2 Å². The fourth-order valence-electron chi connectivity index (χ4n) is 2.78. The molecule has 0 aliphatic carbocycles. The highest BCUT2D eigenvalue weighted by Gasteiger charge is 2.35. The van der Waals surface area contributed by atoms with E-state index in [1.54, 1.807) is 29.2 Å². The van der Waals surface area contributed by atoms with Gasteiger partial charge < -0.3 is 10.2 Å². The van der Waals surface area contributed by atoms with Crippen LogP contribution >= 0.6 is 11.6 Å². The number of carbonyl (C=O) groups is 2. The van der Waals surface area contributed by atoms with Crippen molar-refractivity contribution in [3.63, 3.8) is 0 Å². The number of hydrogen-bond acceptors (Lipinski definition) is 2. The van der Waals surface area contributed by atoms with Gasteiger partial charge in [0, 0.05) is 18.7 Å². The largest absolute Gasteiger partial charge is 0.324 e. The summed E-state index contributed by atoms with van der Waals surface area (Å²) in [5, 5.41) is 3.30. The van der Waals surface area contributed by atoms with Crippen molar-refractivity contribution >= 4 is 34.8 Å². The standard InChI is InChI=1S/C18H17ClN2O2/c1-12-6-2-5-9-16(12)21-11-13(10-17(21)22)18(23)20-15-8-4-3-7-14(15)19/h2-9,13H,10-11H2,1H3,(H,20,23)/t13-/m0/s1. The zero-order valence-electron chi connectivity index (χ0n) is 12.8. The third-order valence-electron chi connectivity index (χ3n) is 4.03. The van der Waals surface area contributed by atoms with E-state index in [1.165, 1.54) is 0 Å². The van der Waals surface area contributed by atoms with E-state index in [0.29, 0.717) is 17.3 Å². The molecule has 0 radical (unpaired) electrons. The van der Waals surface area contributed by atoms with E-state index in [4.69, 9.17) is 11.6 Å². The number of nitrogens with one attached hydrogen (secondary N) is 1. The molecule has 2 aromatic carbocycles. The summed E-state index contributed by atoms with van der Waals surface area (Å²) in [5.74, 6) is -0.584. The Morgan fingerprint density at radius 1 is 1.17 bits per heavy atom. The molecule has 3 rings (SSSR count). The lowest BCUT2D eigenvalue weighted by molar-refractivity contribution is -0.122. The van der Waals surface area contributed by atoms with Gasteiger partial charge in [-0.2, -0.15) is 0 Å². The second kappa shape index (κ2) is 6.42. The zero-order chi connectivity index (χ0) is 16.4. The number of rotatable bonds is 3. The summed E-state index contributed by atoms with van der Waals surface area (Å²) < 4.78 is 0. The molecule has 1 saturated heterocycles. The van der Waals surface area contributed by atoms with Crippen molar-refractivity contribution in [1.29, 1.82) is 0 Å². The Balaban J connectivity index is 1.74. The molecule has 118 valence electrons. The second-order valence-corrected chi connectivity index (χ2v) is 6.07. The minimum Gasteiger partial charge on any atom is -0.324 e. The molecule has 0 unspecified atom stereocenters. The molecule has 1 fully saturated rings. The highest BCUT2D eigenvalue weighted by atomic mass is 35.5. The molecule has 2 amide bonds. The summed E-state index contributed by atoms with van der Waals surface area (Å²) in [5.41, 5.74) is 2.46. The van der Waals surface area contributed by atoms with Crippen molar-refractivity contribution in [3.05, 3.63) is 59.1 Å². The van der Waals surface area contributed by atoms with Gasteiger partial charge in [0.25, 0.3) is 0 Å². The Bertz CT molecular complexity index is 760. The molecule has 1 aliphatic heterocycles. The lowest BCUT2D eigenvalue weighted by atomic mass is 10.1. The zero-order valence-corrected chi connectivity index (χ0v) is 13.5. The van der Waals surface area contributed by atoms with Crippen molar-refractivity contribution in [2.24, 2.45) is 5.92 Å². The van der Waals surface area contributed by atoms with Crippen LogP contribution in [0.2, 0.25) is 5.02 Å². The smallest absolute Gasteiger partial charge is 0.229 e. The Morgan fingerprint density at radius 2 is 1.87 bits per heavy atom. The summed E-state index contributed by atoms with van der Waals surface area (Å²) in [4.78, 5) is 26.4. The molecule has 1 N–H and O–H groups in total. The molecule has 23 heavy (non-hydrogen) atoms. The van der Waals surface area contributed by atoms with E-state index < -0.39 is 0 Å². The normalized spacial score (nSPS) is 17.4. The SMILES string of the molecule is Cc1ccccc1N1C[C@@H](C(=O)Nc2ccccc2Cl)CC1=O. The topological polar surface area (TPSA) is 49.4 Å². The number of anilines is 2. The third-order valence-corrected chi connectivity index (χ3v) is 4.36. The summed E-state index contributed by atoms with van der Waals surface area (Å²) >= 11 is 6.06. The maximum Gasteiger partial charge on any atom is 0.229 e. The number of para-hydroxylation sites is 2. The maximum atomic E-state index is 12.4. The molecule has 5 heteroatoms. The van der Waals surface area contributed by atoms with Gasteiger partial charge >= 0.3 is 0 Å². The van der Waals surface area contributed by atoms with E-state index in [1.807, 2.05) is 31.2 Å². The number of hydrogen-bond donors (Lipinski definition) is 1. The molecule has 0 bridgehead atoms. The van der Waals surface area contributed by atoms with Crippen molar-refractivity contribution in [2.75, 3.05) is 16.8 Å². The van der Waals surface area contributed by atoms with E-state index in [9.17, 15) is 9.59 Å². The van der Waals surface area contributed by atoms with Crippen LogP contribution in [0.15, 0.2) is 48.5 Å². The van der Waals surface area contributed by atoms with Crippen LogP contribution in [0.1, 0.15) is 12.0 Å². The quantitative estimate of drug-likeness (QED) is 0.935. The minimum atomic E-state index is -0.377. The first-order valence-electron chi connectivity index (χ1n) is 7.47. The van der Waals surface area contributed by atoms with Crippen LogP contribution in [0, 0.1) is 12.8 Å². The Labute approximate surface area is 140 Å². The van der Waals surface area contributed by atoms with Gasteiger partial charge in [-0.05, 0) is 30.7 Å². The number of halogens is 1. The van der Waals surface area contributed by atoms with E-state index in [-0.39, 0.29) is 24.2 Å². The van der Waals surface area contributed by atoms with Gasteiger partial charge in [-0.15, -0.1) is 0 Å². The maximum absolute atomic E-state index is 12.4. The summed E-state index contributed by atoms with van der Waals surface area (Å²) in [6.07, 6.45) is 0.213. The summed E-state index contributed by atoms with van der Waals surface area (Å²) in [6.45, 7) is 2.35. The first kappa shape index (κ1) is 15.6. The van der Waals surface area contributed by atoms with E-state index >= 15 is 0 Å². The molecule has 2 aromatic rings. The van der Waals surface area contributed by atoms with Crippen molar-refractivity contribution in [1.82, 2.24) is 0 Å². The summed E-state index contributed by atoms with van der Waals surface area (Å²) in [6, 6.07) is 14.8. The number of carbonyl (C=O) groups excluding carboxylic acids is 2. The monoisotopic (exact) mass is 328 g/mol. The molecule has 0 saturated carbocycles. The highest BCUT2D eigenvalue weighted by Crippen LogP contribution is 2.29. The highest BCUT2D eigenvalue weighted by molar-refractivity contribution is 6.33. The third kappa shape index (κ3) is 3.22. The average Bonchev–Trinajstić information content (AvgIpc) is 2.92. The molecule has 0 aromatic heterocycles. The summed E-state index contributed by atoms with van der Waals surface area (Å²) in [7, 11) is 0. The number of nitrogens with zero attached hydrogens (tertiary/aromatic N) is 1. The van der Waals surface area contributed by atoms with Crippen LogP contribution in [0.4, 0.5) is 11.4 Å². The van der Waals surface area contributed by atoms with Crippen molar-refractivity contribution in [3.8, 4) is 0 Å². The van der Waals surface area contributed by atoms with Gasteiger partial charge in [0.2, 0.25) is 11.8 Å². The van der Waals surface area contributed by atoms with Gasteiger partial charge in [0.05, 0.1) is 16.6 Å². The second-order valence-electron chi connectivity index (χ2n) is 5.66. The van der Waals surface area contributed by atoms with Crippen LogP contribution in [-0.2, 0) is 9.59 Å². The first-order valence-corrected chi connectivity index (χ1v) is 7.85. The van der Waals surface area contributed by atoms with Gasteiger partial charge in [-0.1, -0.05) is 41.9 Å². The predicted molar refractivity (Wildman–Crippen MR) is 91.7 cm³/mol. The van der Waals surface area contributed by atoms with Crippen molar-refractivity contribution in [2.45, 2.75) is 13.3 Å². The Kier molecular flexibility index (Phi) is 4.35. The number of aryl methyl sites for hydroxylation is 1. The molecular weight excluding hydrogens is 312 g/mol. The predicted octanol–water partition coefficient (Wildman–Crippen LogP) is 3.64. The molecule has 1 atom stereocenters. The van der Waals surface area contributed by atoms with Gasteiger partial charge in [-0.25, -0.2) is 0 Å². The lowest BCUT2D eigenvalue weighted by Gasteiger charge is -2.19. The lowest BCUT2D eigenvalue weighted by Crippen LogP contribution is -2.28. The minimum absolute atomic E-state index is 0.0291. The first-order chi connectivity index (χ1) is 11.1. The van der Waals surface area contributed by atoms with E-state index in [0.717, 1.165) is 11.3 Å².